The first kappa shape index (κ1) is 9.50. The fraction of sp³-hybridized carbons (Fsp3) is 0.583. The van der Waals surface area contributed by atoms with Crippen LogP contribution in [0.25, 0.3) is 0 Å². The largest absolute Gasteiger partial charge is 0.367 e. The van der Waals surface area contributed by atoms with Gasteiger partial charge in [-0.15, -0.1) is 0 Å². The van der Waals surface area contributed by atoms with Gasteiger partial charge in [0.2, 0.25) is 0 Å². The lowest BCUT2D eigenvalue weighted by Gasteiger charge is -2.32. The van der Waals surface area contributed by atoms with Crippen molar-refractivity contribution in [1.82, 2.24) is 4.98 Å². The molecule has 1 fully saturated rings. The maximum absolute atomic E-state index is 4.35. The summed E-state index contributed by atoms with van der Waals surface area (Å²) in [6.07, 6.45) is 6.06. The second-order valence-corrected chi connectivity index (χ2v) is 4.34. The molecule has 1 N–H and O–H groups in total. The minimum atomic E-state index is 0.568. The Morgan fingerprint density at radius 3 is 2.71 bits per heavy atom. The van der Waals surface area contributed by atoms with Gasteiger partial charge in [-0.1, -0.05) is 12.5 Å². The predicted molar refractivity (Wildman–Crippen MR) is 59.4 cm³/mol. The first-order valence-corrected chi connectivity index (χ1v) is 5.45. The Bertz CT molecular complexity index is 288. The van der Waals surface area contributed by atoms with Gasteiger partial charge in [-0.2, -0.15) is 0 Å². The molecule has 0 saturated heterocycles. The Morgan fingerprint density at radius 1 is 1.43 bits per heavy atom. The maximum Gasteiger partial charge on any atom is 0.126 e. The van der Waals surface area contributed by atoms with Crippen molar-refractivity contribution in [3.8, 4) is 0 Å². The first-order chi connectivity index (χ1) is 6.75. The van der Waals surface area contributed by atoms with Crippen LogP contribution in [0.4, 0.5) is 5.82 Å². The third-order valence-corrected chi connectivity index (χ3v) is 3.14. The highest BCUT2D eigenvalue weighted by molar-refractivity contribution is 5.36. The number of aromatic nitrogens is 1. The van der Waals surface area contributed by atoms with E-state index in [1.165, 1.54) is 24.8 Å². The standard InChI is InChI=1S/C12H18N2/c1-9-6-7-12(13-8-9)14-10(2)11-4-3-5-11/h6-8,10-11H,3-5H2,1-2H3,(H,13,14). The van der Waals surface area contributed by atoms with E-state index in [0.717, 1.165) is 11.7 Å². The Morgan fingerprint density at radius 2 is 2.21 bits per heavy atom. The van der Waals surface area contributed by atoms with Gasteiger partial charge in [-0.05, 0) is 44.2 Å². The maximum atomic E-state index is 4.35. The molecule has 2 rings (SSSR count). The van der Waals surface area contributed by atoms with Crippen molar-refractivity contribution in [2.75, 3.05) is 5.32 Å². The third-order valence-electron chi connectivity index (χ3n) is 3.14. The molecule has 0 bridgehead atoms. The minimum Gasteiger partial charge on any atom is -0.367 e. The number of anilines is 1. The van der Waals surface area contributed by atoms with E-state index in [9.17, 15) is 0 Å². The quantitative estimate of drug-likeness (QED) is 0.792. The van der Waals surface area contributed by atoms with Gasteiger partial charge in [0.1, 0.15) is 5.82 Å². The summed E-state index contributed by atoms with van der Waals surface area (Å²) in [5.41, 5.74) is 1.21. The Kier molecular flexibility index (Phi) is 2.71. The molecule has 1 aromatic rings. The topological polar surface area (TPSA) is 24.9 Å². The second-order valence-electron chi connectivity index (χ2n) is 4.34. The number of hydrogen-bond donors (Lipinski definition) is 1. The molecular formula is C12H18N2. The van der Waals surface area contributed by atoms with E-state index in [-0.39, 0.29) is 0 Å². The van der Waals surface area contributed by atoms with Crippen molar-refractivity contribution in [2.24, 2.45) is 5.92 Å². The van der Waals surface area contributed by atoms with Crippen LogP contribution in [-0.2, 0) is 0 Å². The van der Waals surface area contributed by atoms with Gasteiger partial charge in [0.05, 0.1) is 0 Å². The zero-order valence-electron chi connectivity index (χ0n) is 8.96. The predicted octanol–water partition coefficient (Wildman–Crippen LogP) is 2.99. The smallest absolute Gasteiger partial charge is 0.126 e. The van der Waals surface area contributed by atoms with Gasteiger partial charge in [-0.3, -0.25) is 0 Å². The highest BCUT2D eigenvalue weighted by atomic mass is 15.0. The summed E-state index contributed by atoms with van der Waals surface area (Å²) in [6.45, 7) is 4.32. The molecule has 1 aromatic heterocycles. The highest BCUT2D eigenvalue weighted by Gasteiger charge is 2.23. The molecule has 0 spiro atoms. The van der Waals surface area contributed by atoms with Crippen LogP contribution in [0, 0.1) is 12.8 Å². The lowest BCUT2D eigenvalue weighted by atomic mass is 9.80. The summed E-state index contributed by atoms with van der Waals surface area (Å²) in [6, 6.07) is 4.73. The number of nitrogens with zero attached hydrogens (tertiary/aromatic N) is 1. The van der Waals surface area contributed by atoms with Crippen molar-refractivity contribution in [2.45, 2.75) is 39.2 Å². The molecule has 2 nitrogen and oxygen atoms in total. The number of rotatable bonds is 3. The lowest BCUT2D eigenvalue weighted by molar-refractivity contribution is 0.285. The second kappa shape index (κ2) is 3.99. The monoisotopic (exact) mass is 190 g/mol. The average molecular weight is 190 g/mol. The molecule has 1 unspecified atom stereocenters. The summed E-state index contributed by atoms with van der Waals surface area (Å²) >= 11 is 0. The van der Waals surface area contributed by atoms with Gasteiger partial charge in [0.15, 0.2) is 0 Å². The molecule has 1 aliphatic rings. The van der Waals surface area contributed by atoms with Crippen LogP contribution in [0.3, 0.4) is 0 Å². The zero-order valence-corrected chi connectivity index (χ0v) is 8.96. The Labute approximate surface area is 85.7 Å². The van der Waals surface area contributed by atoms with E-state index in [1.54, 1.807) is 0 Å². The summed E-state index contributed by atoms with van der Waals surface area (Å²) < 4.78 is 0. The fourth-order valence-corrected chi connectivity index (χ4v) is 1.84. The van der Waals surface area contributed by atoms with Crippen LogP contribution in [0.2, 0.25) is 0 Å². The number of pyridine rings is 1. The van der Waals surface area contributed by atoms with Crippen molar-refractivity contribution in [3.05, 3.63) is 23.9 Å². The van der Waals surface area contributed by atoms with Crippen LogP contribution in [0.15, 0.2) is 18.3 Å². The van der Waals surface area contributed by atoms with Gasteiger partial charge in [0.25, 0.3) is 0 Å². The first-order valence-electron chi connectivity index (χ1n) is 5.45. The third kappa shape index (κ3) is 2.06. The molecule has 0 aromatic carbocycles. The van der Waals surface area contributed by atoms with Crippen LogP contribution >= 0.6 is 0 Å². The highest BCUT2D eigenvalue weighted by Crippen LogP contribution is 2.30. The zero-order chi connectivity index (χ0) is 9.97. The molecule has 0 radical (unpaired) electrons. The van der Waals surface area contributed by atoms with Crippen LogP contribution in [0.5, 0.6) is 0 Å². The molecule has 14 heavy (non-hydrogen) atoms. The molecule has 76 valence electrons. The summed E-state index contributed by atoms with van der Waals surface area (Å²) in [5, 5.41) is 3.46. The average Bonchev–Trinajstić information content (AvgIpc) is 2.06. The van der Waals surface area contributed by atoms with E-state index < -0.39 is 0 Å². The minimum absolute atomic E-state index is 0.568. The molecule has 1 saturated carbocycles. The van der Waals surface area contributed by atoms with E-state index in [1.807, 2.05) is 6.20 Å². The van der Waals surface area contributed by atoms with Crippen LogP contribution in [0.1, 0.15) is 31.7 Å². The van der Waals surface area contributed by atoms with Gasteiger partial charge < -0.3 is 5.32 Å². The Hall–Kier alpha value is -1.05. The van der Waals surface area contributed by atoms with Gasteiger partial charge in [0, 0.05) is 12.2 Å². The molecule has 1 atom stereocenters. The van der Waals surface area contributed by atoms with Gasteiger partial charge in [-0.25, -0.2) is 4.98 Å². The van der Waals surface area contributed by atoms with Gasteiger partial charge >= 0.3 is 0 Å². The molecule has 0 amide bonds. The van der Waals surface area contributed by atoms with Crippen LogP contribution < -0.4 is 5.32 Å². The fourth-order valence-electron chi connectivity index (χ4n) is 1.84. The molecule has 2 heteroatoms. The number of aryl methyl sites for hydroxylation is 1. The van der Waals surface area contributed by atoms with E-state index in [4.69, 9.17) is 0 Å². The van der Waals surface area contributed by atoms with Crippen molar-refractivity contribution < 1.29 is 0 Å². The number of hydrogen-bond acceptors (Lipinski definition) is 2. The molecule has 1 aliphatic carbocycles. The molecule has 1 heterocycles. The molecular weight excluding hydrogens is 172 g/mol. The van der Waals surface area contributed by atoms with E-state index in [2.05, 4.69) is 36.3 Å². The van der Waals surface area contributed by atoms with Crippen molar-refractivity contribution in [3.63, 3.8) is 0 Å². The summed E-state index contributed by atoms with van der Waals surface area (Å²) in [7, 11) is 0. The van der Waals surface area contributed by atoms with E-state index >= 15 is 0 Å². The summed E-state index contributed by atoms with van der Waals surface area (Å²) in [4.78, 5) is 4.35. The van der Waals surface area contributed by atoms with Crippen molar-refractivity contribution >= 4 is 5.82 Å². The number of nitrogens with one attached hydrogen (secondary N) is 1. The lowest BCUT2D eigenvalue weighted by Crippen LogP contribution is -2.31. The Balaban J connectivity index is 1.92. The summed E-state index contributed by atoms with van der Waals surface area (Å²) in [5.74, 6) is 1.87. The SMILES string of the molecule is Cc1ccc(NC(C)C2CCC2)nc1. The normalized spacial score (nSPS) is 18.7. The van der Waals surface area contributed by atoms with E-state index in [0.29, 0.717) is 6.04 Å². The van der Waals surface area contributed by atoms with Crippen LogP contribution in [-0.4, -0.2) is 11.0 Å². The van der Waals surface area contributed by atoms with Crippen molar-refractivity contribution in [1.29, 1.82) is 0 Å². The molecule has 0 aliphatic heterocycles.